The van der Waals surface area contributed by atoms with Crippen molar-refractivity contribution in [2.75, 3.05) is 12.4 Å². The van der Waals surface area contributed by atoms with E-state index in [1.165, 1.54) is 0 Å². The van der Waals surface area contributed by atoms with E-state index < -0.39 is 0 Å². The smallest absolute Gasteiger partial charge is 0.224 e. The van der Waals surface area contributed by atoms with Crippen LogP contribution in [-0.2, 0) is 11.2 Å². The average molecular weight is 284 g/mol. The van der Waals surface area contributed by atoms with Gasteiger partial charge in [-0.05, 0) is 36.2 Å². The van der Waals surface area contributed by atoms with E-state index in [1.54, 1.807) is 19.2 Å². The Bertz CT molecular complexity index is 626. The van der Waals surface area contributed by atoms with Crippen molar-refractivity contribution < 1.29 is 9.90 Å². The first-order valence-corrected chi connectivity index (χ1v) is 6.94. The van der Waals surface area contributed by atoms with Gasteiger partial charge in [-0.1, -0.05) is 30.3 Å². The quantitative estimate of drug-likeness (QED) is 0.791. The average Bonchev–Trinajstić information content (AvgIpc) is 2.49. The van der Waals surface area contributed by atoms with Crippen molar-refractivity contribution in [3.63, 3.8) is 0 Å². The minimum atomic E-state index is -0.0192. The summed E-state index contributed by atoms with van der Waals surface area (Å²) < 4.78 is 0. The summed E-state index contributed by atoms with van der Waals surface area (Å²) in [4.78, 5) is 11.6. The van der Waals surface area contributed by atoms with Crippen molar-refractivity contribution in [3.8, 4) is 5.75 Å². The van der Waals surface area contributed by atoms with Gasteiger partial charge < -0.3 is 15.7 Å². The summed E-state index contributed by atoms with van der Waals surface area (Å²) in [6.07, 6.45) is 0.340. The lowest BCUT2D eigenvalue weighted by Crippen LogP contribution is -2.20. The van der Waals surface area contributed by atoms with Gasteiger partial charge in [-0.15, -0.1) is 0 Å². The van der Waals surface area contributed by atoms with Crippen LogP contribution >= 0.6 is 0 Å². The fourth-order valence-electron chi connectivity index (χ4n) is 2.19. The van der Waals surface area contributed by atoms with Crippen molar-refractivity contribution in [3.05, 3.63) is 59.7 Å². The highest BCUT2D eigenvalue weighted by molar-refractivity contribution is 5.80. The molecule has 110 valence electrons. The molecule has 0 heterocycles. The zero-order chi connectivity index (χ0) is 15.2. The molecule has 0 aliphatic carbocycles. The van der Waals surface area contributed by atoms with Gasteiger partial charge in [0.05, 0.1) is 6.42 Å². The molecule has 1 unspecified atom stereocenters. The van der Waals surface area contributed by atoms with Gasteiger partial charge in [0, 0.05) is 18.8 Å². The highest BCUT2D eigenvalue weighted by atomic mass is 16.3. The summed E-state index contributed by atoms with van der Waals surface area (Å²) in [6, 6.07) is 14.9. The van der Waals surface area contributed by atoms with E-state index in [0.717, 1.165) is 16.8 Å². The molecule has 21 heavy (non-hydrogen) atoms. The van der Waals surface area contributed by atoms with Crippen LogP contribution in [0.1, 0.15) is 24.1 Å². The second-order valence-electron chi connectivity index (χ2n) is 4.97. The van der Waals surface area contributed by atoms with Gasteiger partial charge in [-0.2, -0.15) is 0 Å². The maximum absolute atomic E-state index is 11.6. The highest BCUT2D eigenvalue weighted by Gasteiger charge is 2.10. The Labute approximate surface area is 124 Å². The second kappa shape index (κ2) is 6.79. The first-order valence-electron chi connectivity index (χ1n) is 6.94. The summed E-state index contributed by atoms with van der Waals surface area (Å²) in [5, 5.41) is 15.6. The van der Waals surface area contributed by atoms with Gasteiger partial charge in [0.2, 0.25) is 5.91 Å². The predicted molar refractivity (Wildman–Crippen MR) is 84.4 cm³/mol. The molecule has 1 atom stereocenters. The molecular formula is C17H20N2O2. The highest BCUT2D eigenvalue weighted by Crippen LogP contribution is 2.24. The van der Waals surface area contributed by atoms with Crippen LogP contribution in [0.5, 0.6) is 5.75 Å². The summed E-state index contributed by atoms with van der Waals surface area (Å²) in [7, 11) is 1.63. The van der Waals surface area contributed by atoms with E-state index in [9.17, 15) is 9.90 Å². The molecule has 2 aromatic rings. The normalized spacial score (nSPS) is 11.7. The summed E-state index contributed by atoms with van der Waals surface area (Å²) >= 11 is 0. The Hall–Kier alpha value is -2.49. The van der Waals surface area contributed by atoms with E-state index in [1.807, 2.05) is 43.3 Å². The van der Waals surface area contributed by atoms with Crippen LogP contribution < -0.4 is 10.6 Å². The molecule has 0 bridgehead atoms. The van der Waals surface area contributed by atoms with Crippen LogP contribution in [0, 0.1) is 0 Å². The molecule has 1 amide bonds. The number of phenols is 1. The molecule has 0 radical (unpaired) electrons. The van der Waals surface area contributed by atoms with E-state index in [4.69, 9.17) is 0 Å². The molecule has 4 heteroatoms. The van der Waals surface area contributed by atoms with Crippen molar-refractivity contribution >= 4 is 11.6 Å². The molecule has 0 aromatic heterocycles. The number of carbonyl (C=O) groups excluding carboxylic acids is 1. The van der Waals surface area contributed by atoms with Crippen molar-refractivity contribution in [2.45, 2.75) is 19.4 Å². The molecule has 0 aliphatic heterocycles. The number of phenolic OH excluding ortho intramolecular Hbond substituents is 1. The zero-order valence-corrected chi connectivity index (χ0v) is 12.3. The first kappa shape index (κ1) is 14.9. The number of aromatic hydroxyl groups is 1. The molecule has 0 saturated carbocycles. The number of benzene rings is 2. The van der Waals surface area contributed by atoms with Gasteiger partial charge in [0.15, 0.2) is 0 Å². The molecule has 0 spiro atoms. The van der Waals surface area contributed by atoms with Crippen LogP contribution in [-0.4, -0.2) is 18.1 Å². The summed E-state index contributed by atoms with van der Waals surface area (Å²) in [5.74, 6) is 0.231. The number of nitrogens with one attached hydrogen (secondary N) is 2. The molecule has 2 rings (SSSR count). The predicted octanol–water partition coefficient (Wildman–Crippen LogP) is 2.85. The minimum Gasteiger partial charge on any atom is -0.508 e. The van der Waals surface area contributed by atoms with Gasteiger partial charge in [-0.3, -0.25) is 4.79 Å². The molecule has 0 saturated heterocycles. The number of likely N-dealkylation sites (N-methyl/N-ethyl adjacent to an activating group) is 1. The monoisotopic (exact) mass is 284 g/mol. The Morgan fingerprint density at radius 2 is 1.95 bits per heavy atom. The van der Waals surface area contributed by atoms with Crippen LogP contribution in [0.15, 0.2) is 48.5 Å². The third kappa shape index (κ3) is 3.99. The van der Waals surface area contributed by atoms with Crippen LogP contribution in [0.2, 0.25) is 0 Å². The van der Waals surface area contributed by atoms with Crippen LogP contribution in [0.3, 0.4) is 0 Å². The Balaban J connectivity index is 2.17. The number of hydrogen-bond acceptors (Lipinski definition) is 3. The van der Waals surface area contributed by atoms with E-state index >= 15 is 0 Å². The van der Waals surface area contributed by atoms with Crippen molar-refractivity contribution in [1.29, 1.82) is 0 Å². The maximum Gasteiger partial charge on any atom is 0.224 e. The van der Waals surface area contributed by atoms with E-state index in [2.05, 4.69) is 10.6 Å². The second-order valence-corrected chi connectivity index (χ2v) is 4.97. The SMILES string of the molecule is CNC(=O)Cc1ccccc1NC(C)c1cccc(O)c1. The molecular weight excluding hydrogens is 264 g/mol. The maximum atomic E-state index is 11.6. The van der Waals surface area contributed by atoms with Crippen LogP contribution in [0.4, 0.5) is 5.69 Å². The summed E-state index contributed by atoms with van der Waals surface area (Å²) in [6.45, 7) is 2.02. The Morgan fingerprint density at radius 1 is 1.19 bits per heavy atom. The van der Waals surface area contributed by atoms with Gasteiger partial charge >= 0.3 is 0 Å². The van der Waals surface area contributed by atoms with Crippen molar-refractivity contribution in [2.24, 2.45) is 0 Å². The topological polar surface area (TPSA) is 61.4 Å². The van der Waals surface area contributed by atoms with Gasteiger partial charge in [0.1, 0.15) is 5.75 Å². The number of amides is 1. The lowest BCUT2D eigenvalue weighted by molar-refractivity contribution is -0.119. The fourth-order valence-corrected chi connectivity index (χ4v) is 2.19. The van der Waals surface area contributed by atoms with Crippen LogP contribution in [0.25, 0.3) is 0 Å². The lowest BCUT2D eigenvalue weighted by atomic mass is 10.1. The number of hydrogen-bond donors (Lipinski definition) is 3. The third-order valence-corrected chi connectivity index (χ3v) is 3.39. The number of para-hydroxylation sites is 1. The number of carbonyl (C=O) groups is 1. The molecule has 2 aromatic carbocycles. The van der Waals surface area contributed by atoms with Crippen molar-refractivity contribution in [1.82, 2.24) is 5.32 Å². The minimum absolute atomic E-state index is 0.0192. The molecule has 0 fully saturated rings. The number of anilines is 1. The molecule has 3 N–H and O–H groups in total. The van der Waals surface area contributed by atoms with Gasteiger partial charge in [0.25, 0.3) is 0 Å². The fraction of sp³-hybridized carbons (Fsp3) is 0.235. The first-order chi connectivity index (χ1) is 10.1. The lowest BCUT2D eigenvalue weighted by Gasteiger charge is -2.18. The Morgan fingerprint density at radius 3 is 2.67 bits per heavy atom. The van der Waals surface area contributed by atoms with E-state index in [0.29, 0.717) is 6.42 Å². The van der Waals surface area contributed by atoms with E-state index in [-0.39, 0.29) is 17.7 Å². The Kier molecular flexibility index (Phi) is 4.82. The molecule has 0 aliphatic rings. The summed E-state index contributed by atoms with van der Waals surface area (Å²) in [5.41, 5.74) is 2.87. The van der Waals surface area contributed by atoms with Gasteiger partial charge in [-0.25, -0.2) is 0 Å². The molecule has 4 nitrogen and oxygen atoms in total. The third-order valence-electron chi connectivity index (χ3n) is 3.39. The standard InChI is InChI=1S/C17H20N2O2/c1-12(13-7-5-8-15(20)10-13)19-16-9-4-3-6-14(16)11-17(21)18-2/h3-10,12,19-20H,11H2,1-2H3,(H,18,21). The largest absolute Gasteiger partial charge is 0.508 e. The number of rotatable bonds is 5. The zero-order valence-electron chi connectivity index (χ0n) is 12.3.